The average Bonchev–Trinajstić information content (AvgIpc) is 3.14. The lowest BCUT2D eigenvalue weighted by molar-refractivity contribution is 0.117. The molecule has 0 spiro atoms. The van der Waals surface area contributed by atoms with Crippen LogP contribution in [0.2, 0.25) is 0 Å². The highest BCUT2D eigenvalue weighted by atomic mass is 32.2. The van der Waals surface area contributed by atoms with Crippen molar-refractivity contribution in [2.45, 2.75) is 108 Å². The van der Waals surface area contributed by atoms with E-state index in [0.29, 0.717) is 22.9 Å². The van der Waals surface area contributed by atoms with Crippen LogP contribution in [0.1, 0.15) is 82.4 Å². The smallest absolute Gasteiger partial charge is 0.241 e. The second-order valence-corrected chi connectivity index (χ2v) is 13.0. The van der Waals surface area contributed by atoms with Crippen LogP contribution in [0.25, 0.3) is 10.4 Å². The van der Waals surface area contributed by atoms with E-state index in [-0.39, 0.29) is 6.04 Å². The molecule has 0 bridgehead atoms. The van der Waals surface area contributed by atoms with Crippen molar-refractivity contribution in [1.29, 1.82) is 0 Å². The van der Waals surface area contributed by atoms with Crippen molar-refractivity contribution >= 4 is 26.5 Å². The van der Waals surface area contributed by atoms with Crippen LogP contribution in [-0.4, -0.2) is 36.7 Å². The molecule has 34 heavy (non-hydrogen) atoms. The third-order valence-corrected chi connectivity index (χ3v) is 10.1. The molecular formula is C26H39N3O3S2. The fraction of sp³-hybridized carbons (Fsp3) is 0.654. The summed E-state index contributed by atoms with van der Waals surface area (Å²) < 4.78 is 29.3. The number of anilines is 1. The van der Waals surface area contributed by atoms with Crippen LogP contribution in [0.5, 0.6) is 0 Å². The van der Waals surface area contributed by atoms with Crippen LogP contribution in [0.4, 0.5) is 5.13 Å². The van der Waals surface area contributed by atoms with Gasteiger partial charge in [-0.05, 0) is 76.0 Å². The van der Waals surface area contributed by atoms with Crippen molar-refractivity contribution in [3.05, 3.63) is 29.5 Å². The quantitative estimate of drug-likeness (QED) is 0.423. The first-order chi connectivity index (χ1) is 16.2. The number of nitrogens with zero attached hydrogens (tertiary/aromatic N) is 1. The first-order valence-corrected chi connectivity index (χ1v) is 15.1. The standard InChI is InChI=1S/C26H39N3O3S2/c1-17-12-13-21(15-24(17)34(31,32)29-22-10-7-11-23(30)16-22)25-19(3)28-26(33-25)27-18(2)14-20-8-5-4-6-9-20/h12-13,15,18,20,22-23,29-30H,4-11,14,16H2,1-3H3,(H,27,28)/t18-,22?,23?/m1/s1. The molecule has 2 fully saturated rings. The Hall–Kier alpha value is -1.48. The van der Waals surface area contributed by atoms with Gasteiger partial charge < -0.3 is 10.4 Å². The number of thiazole rings is 1. The minimum absolute atomic E-state index is 0.219. The van der Waals surface area contributed by atoms with Crippen molar-refractivity contribution in [3.63, 3.8) is 0 Å². The second kappa shape index (κ2) is 11.1. The summed E-state index contributed by atoms with van der Waals surface area (Å²) in [5.41, 5.74) is 2.50. The number of aromatic nitrogens is 1. The zero-order chi connectivity index (χ0) is 24.3. The van der Waals surface area contributed by atoms with Gasteiger partial charge in [0.05, 0.1) is 21.6 Å². The minimum atomic E-state index is -3.68. The Balaban J connectivity index is 1.49. The summed E-state index contributed by atoms with van der Waals surface area (Å²) in [6, 6.07) is 5.77. The summed E-state index contributed by atoms with van der Waals surface area (Å²) >= 11 is 1.59. The Labute approximate surface area is 208 Å². The molecule has 188 valence electrons. The Morgan fingerprint density at radius 3 is 2.62 bits per heavy atom. The van der Waals surface area contributed by atoms with Crippen LogP contribution in [0.15, 0.2) is 23.1 Å². The van der Waals surface area contributed by atoms with Crippen molar-refractivity contribution in [2.24, 2.45) is 5.92 Å². The molecule has 3 N–H and O–H groups in total. The lowest BCUT2D eigenvalue weighted by Gasteiger charge is -2.26. The maximum absolute atomic E-state index is 13.2. The number of rotatable bonds is 8. The first-order valence-electron chi connectivity index (χ1n) is 12.8. The summed E-state index contributed by atoms with van der Waals surface area (Å²) in [7, 11) is -3.68. The number of aliphatic hydroxyl groups excluding tert-OH is 1. The Morgan fingerprint density at radius 1 is 1.12 bits per heavy atom. The van der Waals surface area contributed by atoms with Crippen LogP contribution in [-0.2, 0) is 10.0 Å². The van der Waals surface area contributed by atoms with E-state index < -0.39 is 16.1 Å². The van der Waals surface area contributed by atoms with Gasteiger partial charge in [-0.3, -0.25) is 0 Å². The molecule has 2 unspecified atom stereocenters. The molecule has 0 radical (unpaired) electrons. The molecule has 2 aromatic rings. The molecule has 2 aliphatic carbocycles. The number of hydrogen-bond donors (Lipinski definition) is 3. The van der Waals surface area contributed by atoms with Crippen LogP contribution >= 0.6 is 11.3 Å². The third-order valence-electron chi connectivity index (χ3n) is 7.29. The largest absolute Gasteiger partial charge is 0.393 e. The highest BCUT2D eigenvalue weighted by Gasteiger charge is 2.27. The highest BCUT2D eigenvalue weighted by molar-refractivity contribution is 7.89. The van der Waals surface area contributed by atoms with E-state index in [1.807, 2.05) is 26.0 Å². The second-order valence-electron chi connectivity index (χ2n) is 10.3. The summed E-state index contributed by atoms with van der Waals surface area (Å²) in [6.07, 6.45) is 10.3. The monoisotopic (exact) mass is 505 g/mol. The molecule has 0 saturated heterocycles. The molecule has 2 aliphatic rings. The highest BCUT2D eigenvalue weighted by Crippen LogP contribution is 2.36. The molecule has 3 atom stereocenters. The van der Waals surface area contributed by atoms with Crippen LogP contribution in [0.3, 0.4) is 0 Å². The maximum atomic E-state index is 13.2. The molecule has 1 heterocycles. The van der Waals surface area contributed by atoms with E-state index in [1.54, 1.807) is 17.4 Å². The third kappa shape index (κ3) is 6.39. The predicted octanol–water partition coefficient (Wildman–Crippen LogP) is 5.78. The van der Waals surface area contributed by atoms with E-state index in [1.165, 1.54) is 38.5 Å². The van der Waals surface area contributed by atoms with Crippen molar-refractivity contribution in [2.75, 3.05) is 5.32 Å². The predicted molar refractivity (Wildman–Crippen MR) is 140 cm³/mol. The van der Waals surface area contributed by atoms with Gasteiger partial charge in [-0.15, -0.1) is 0 Å². The van der Waals surface area contributed by atoms with Crippen molar-refractivity contribution < 1.29 is 13.5 Å². The van der Waals surface area contributed by atoms with E-state index in [0.717, 1.165) is 46.4 Å². The number of hydrogen-bond acceptors (Lipinski definition) is 6. The molecule has 0 aliphatic heterocycles. The number of sulfonamides is 1. The van der Waals surface area contributed by atoms with Crippen molar-refractivity contribution in [3.8, 4) is 10.4 Å². The molecule has 8 heteroatoms. The first kappa shape index (κ1) is 25.6. The Morgan fingerprint density at radius 2 is 1.88 bits per heavy atom. The van der Waals surface area contributed by atoms with E-state index in [9.17, 15) is 13.5 Å². The molecule has 1 aromatic carbocycles. The Kier molecular flexibility index (Phi) is 8.33. The summed E-state index contributed by atoms with van der Waals surface area (Å²) in [5, 5.41) is 14.4. The van der Waals surface area contributed by atoms with Gasteiger partial charge in [-0.25, -0.2) is 18.1 Å². The summed E-state index contributed by atoms with van der Waals surface area (Å²) in [6.45, 7) is 6.04. The molecule has 6 nitrogen and oxygen atoms in total. The fourth-order valence-electron chi connectivity index (χ4n) is 5.50. The summed E-state index contributed by atoms with van der Waals surface area (Å²) in [4.78, 5) is 6.05. The van der Waals surface area contributed by atoms with Crippen molar-refractivity contribution in [1.82, 2.24) is 9.71 Å². The van der Waals surface area contributed by atoms with Gasteiger partial charge in [0.2, 0.25) is 10.0 Å². The van der Waals surface area contributed by atoms with E-state index in [4.69, 9.17) is 4.98 Å². The van der Waals surface area contributed by atoms with Crippen LogP contribution < -0.4 is 10.0 Å². The van der Waals surface area contributed by atoms with Gasteiger partial charge in [0.15, 0.2) is 5.13 Å². The SMILES string of the molecule is Cc1ccc(-c2sc(N[C@H](C)CC3CCCCC3)nc2C)cc1S(=O)(=O)NC1CCCC(O)C1. The Bertz CT molecular complexity index is 1080. The molecule has 1 aromatic heterocycles. The number of benzene rings is 1. The zero-order valence-corrected chi connectivity index (χ0v) is 22.3. The van der Waals surface area contributed by atoms with Gasteiger partial charge in [0, 0.05) is 12.1 Å². The van der Waals surface area contributed by atoms with Crippen LogP contribution in [0, 0.1) is 19.8 Å². The average molecular weight is 506 g/mol. The lowest BCUT2D eigenvalue weighted by atomic mass is 9.85. The van der Waals surface area contributed by atoms with Gasteiger partial charge >= 0.3 is 0 Å². The normalized spacial score (nSPS) is 23.1. The zero-order valence-electron chi connectivity index (χ0n) is 20.6. The number of nitrogens with one attached hydrogen (secondary N) is 2. The lowest BCUT2D eigenvalue weighted by Crippen LogP contribution is -2.39. The molecule has 0 amide bonds. The molecule has 4 rings (SSSR count). The number of aliphatic hydroxyl groups is 1. The fourth-order valence-corrected chi connectivity index (χ4v) is 8.13. The summed E-state index contributed by atoms with van der Waals surface area (Å²) in [5.74, 6) is 0.805. The van der Waals surface area contributed by atoms with E-state index >= 15 is 0 Å². The minimum Gasteiger partial charge on any atom is -0.393 e. The van der Waals surface area contributed by atoms with Gasteiger partial charge in [0.1, 0.15) is 0 Å². The molecular weight excluding hydrogens is 466 g/mol. The van der Waals surface area contributed by atoms with E-state index in [2.05, 4.69) is 17.0 Å². The maximum Gasteiger partial charge on any atom is 0.241 e. The van der Waals surface area contributed by atoms with Gasteiger partial charge in [0.25, 0.3) is 0 Å². The van der Waals surface area contributed by atoms with Gasteiger partial charge in [-0.2, -0.15) is 0 Å². The number of aryl methyl sites for hydroxylation is 2. The topological polar surface area (TPSA) is 91.3 Å². The molecule has 2 saturated carbocycles. The van der Waals surface area contributed by atoms with Gasteiger partial charge in [-0.1, -0.05) is 55.6 Å².